The van der Waals surface area contributed by atoms with E-state index in [0.717, 1.165) is 11.1 Å². The molecule has 0 aromatic carbocycles. The molecule has 2 aromatic rings. The molecule has 0 aliphatic carbocycles. The molecule has 0 radical (unpaired) electrons. The smallest absolute Gasteiger partial charge is 0.220 e. The van der Waals surface area contributed by atoms with Gasteiger partial charge in [0.15, 0.2) is 0 Å². The average molecular weight is 203 g/mol. The summed E-state index contributed by atoms with van der Waals surface area (Å²) >= 11 is 0. The maximum absolute atomic E-state index is 11.1. The minimum absolute atomic E-state index is 0.0975. The molecular weight excluding hydrogens is 194 g/mol. The van der Waals surface area contributed by atoms with Crippen LogP contribution in [0.4, 0.5) is 0 Å². The van der Waals surface area contributed by atoms with Crippen molar-refractivity contribution in [2.24, 2.45) is 0 Å². The number of hydrogen-bond donors (Lipinski definition) is 2. The van der Waals surface area contributed by atoms with Crippen molar-refractivity contribution in [2.45, 2.75) is 12.3 Å². The second-order valence-electron chi connectivity index (χ2n) is 3.64. The molecule has 2 aromatic heterocycles. The molecule has 6 nitrogen and oxygen atoms in total. The number of carbonyl (C=O) groups is 1. The van der Waals surface area contributed by atoms with E-state index >= 15 is 0 Å². The minimum atomic E-state index is 0.0975. The lowest BCUT2D eigenvalue weighted by molar-refractivity contribution is -0.119. The predicted molar refractivity (Wildman–Crippen MR) is 52.1 cm³/mol. The Morgan fingerprint density at radius 1 is 1.40 bits per heavy atom. The van der Waals surface area contributed by atoms with E-state index in [-0.39, 0.29) is 11.8 Å². The van der Waals surface area contributed by atoms with Gasteiger partial charge < -0.3 is 5.32 Å². The van der Waals surface area contributed by atoms with Crippen molar-refractivity contribution in [3.8, 4) is 0 Å². The number of nitrogens with zero attached hydrogens (tertiary/aromatic N) is 3. The quantitative estimate of drug-likeness (QED) is 0.681. The van der Waals surface area contributed by atoms with Crippen LogP contribution >= 0.6 is 0 Å². The van der Waals surface area contributed by atoms with Gasteiger partial charge in [-0.3, -0.25) is 4.79 Å². The van der Waals surface area contributed by atoms with Crippen molar-refractivity contribution in [3.05, 3.63) is 17.8 Å². The summed E-state index contributed by atoms with van der Waals surface area (Å²) in [5, 5.41) is 13.2. The Hall–Kier alpha value is -1.98. The summed E-state index contributed by atoms with van der Waals surface area (Å²) in [7, 11) is 0. The lowest BCUT2D eigenvalue weighted by atomic mass is 10.0. The standard InChI is InChI=1S/C9H9N5O/c15-8-2-6(3-10-8)5-1-7-9(11-4-5)13-14-12-7/h1,4,6H,2-3H2,(H,10,15)(H,11,12,13,14). The fourth-order valence-electron chi connectivity index (χ4n) is 1.82. The van der Waals surface area contributed by atoms with Crippen molar-refractivity contribution in [1.82, 2.24) is 25.7 Å². The van der Waals surface area contributed by atoms with Gasteiger partial charge in [-0.25, -0.2) is 4.98 Å². The van der Waals surface area contributed by atoms with Crippen molar-refractivity contribution < 1.29 is 4.79 Å². The summed E-state index contributed by atoms with van der Waals surface area (Å²) in [6.07, 6.45) is 2.29. The Balaban J connectivity index is 2.00. The Kier molecular flexibility index (Phi) is 1.67. The van der Waals surface area contributed by atoms with E-state index in [1.807, 2.05) is 6.07 Å². The Morgan fingerprint density at radius 3 is 3.13 bits per heavy atom. The van der Waals surface area contributed by atoms with Crippen molar-refractivity contribution >= 4 is 17.1 Å². The van der Waals surface area contributed by atoms with Gasteiger partial charge >= 0.3 is 0 Å². The van der Waals surface area contributed by atoms with Gasteiger partial charge in [0, 0.05) is 25.1 Å². The van der Waals surface area contributed by atoms with Crippen LogP contribution in [0.15, 0.2) is 12.3 Å². The number of H-pyrrole nitrogens is 1. The van der Waals surface area contributed by atoms with E-state index in [2.05, 4.69) is 25.7 Å². The van der Waals surface area contributed by atoms with E-state index in [1.54, 1.807) is 6.20 Å². The second-order valence-corrected chi connectivity index (χ2v) is 3.64. The molecule has 15 heavy (non-hydrogen) atoms. The monoisotopic (exact) mass is 203 g/mol. The molecular formula is C9H9N5O. The maximum atomic E-state index is 11.1. The number of pyridine rings is 1. The second kappa shape index (κ2) is 3.01. The molecule has 6 heteroatoms. The van der Waals surface area contributed by atoms with E-state index in [0.29, 0.717) is 18.6 Å². The Bertz CT molecular complexity index is 520. The summed E-state index contributed by atoms with van der Waals surface area (Å²) in [6.45, 7) is 0.684. The van der Waals surface area contributed by atoms with Gasteiger partial charge in [0.1, 0.15) is 5.52 Å². The highest BCUT2D eigenvalue weighted by atomic mass is 16.1. The van der Waals surface area contributed by atoms with Crippen LogP contribution in [0, 0.1) is 0 Å². The minimum Gasteiger partial charge on any atom is -0.355 e. The molecule has 0 bridgehead atoms. The number of fused-ring (bicyclic) bond motifs is 1. The average Bonchev–Trinajstić information content (AvgIpc) is 2.84. The van der Waals surface area contributed by atoms with Crippen LogP contribution in [0.2, 0.25) is 0 Å². The topological polar surface area (TPSA) is 83.6 Å². The highest BCUT2D eigenvalue weighted by molar-refractivity contribution is 5.80. The normalized spacial score (nSPS) is 20.8. The number of aromatic nitrogens is 4. The lowest BCUT2D eigenvalue weighted by Gasteiger charge is -2.05. The Labute approximate surface area is 85.1 Å². The van der Waals surface area contributed by atoms with Crippen molar-refractivity contribution in [3.63, 3.8) is 0 Å². The first kappa shape index (κ1) is 8.34. The maximum Gasteiger partial charge on any atom is 0.220 e. The number of nitrogens with one attached hydrogen (secondary N) is 2. The number of rotatable bonds is 1. The zero-order valence-corrected chi connectivity index (χ0v) is 7.90. The van der Waals surface area contributed by atoms with Gasteiger partial charge in [0.2, 0.25) is 11.6 Å². The van der Waals surface area contributed by atoms with E-state index in [9.17, 15) is 4.79 Å². The number of amides is 1. The first-order valence-corrected chi connectivity index (χ1v) is 4.76. The van der Waals surface area contributed by atoms with E-state index < -0.39 is 0 Å². The molecule has 1 unspecified atom stereocenters. The molecule has 3 rings (SSSR count). The molecule has 1 atom stereocenters. The molecule has 1 aliphatic rings. The molecule has 1 fully saturated rings. The third kappa shape index (κ3) is 1.34. The van der Waals surface area contributed by atoms with E-state index in [4.69, 9.17) is 0 Å². The zero-order valence-electron chi connectivity index (χ0n) is 7.90. The van der Waals surface area contributed by atoms with Crippen LogP contribution in [-0.4, -0.2) is 32.8 Å². The largest absolute Gasteiger partial charge is 0.355 e. The number of carbonyl (C=O) groups excluding carboxylic acids is 1. The fraction of sp³-hybridized carbons (Fsp3) is 0.333. The van der Waals surface area contributed by atoms with Gasteiger partial charge in [-0.15, -0.1) is 5.10 Å². The van der Waals surface area contributed by atoms with Gasteiger partial charge in [0.25, 0.3) is 0 Å². The van der Waals surface area contributed by atoms with Crippen molar-refractivity contribution in [2.75, 3.05) is 6.54 Å². The van der Waals surface area contributed by atoms with Crippen LogP contribution in [0.3, 0.4) is 0 Å². The number of aromatic amines is 1. The summed E-state index contributed by atoms with van der Waals surface area (Å²) in [6, 6.07) is 1.93. The van der Waals surface area contributed by atoms with Gasteiger partial charge in [-0.1, -0.05) is 0 Å². The highest BCUT2D eigenvalue weighted by Gasteiger charge is 2.23. The molecule has 0 saturated carbocycles. The van der Waals surface area contributed by atoms with Crippen LogP contribution in [0.5, 0.6) is 0 Å². The Morgan fingerprint density at radius 2 is 2.33 bits per heavy atom. The van der Waals surface area contributed by atoms with Gasteiger partial charge in [-0.2, -0.15) is 10.3 Å². The van der Waals surface area contributed by atoms with Crippen LogP contribution in [0.25, 0.3) is 11.2 Å². The van der Waals surface area contributed by atoms with Crippen LogP contribution < -0.4 is 5.32 Å². The number of hydrogen-bond acceptors (Lipinski definition) is 4. The summed E-state index contributed by atoms with van der Waals surface area (Å²) < 4.78 is 0. The lowest BCUT2D eigenvalue weighted by Crippen LogP contribution is -2.13. The third-order valence-electron chi connectivity index (χ3n) is 2.64. The fourth-order valence-corrected chi connectivity index (χ4v) is 1.82. The molecule has 1 amide bonds. The molecule has 3 heterocycles. The van der Waals surface area contributed by atoms with Gasteiger partial charge in [0.05, 0.1) is 0 Å². The molecule has 1 saturated heterocycles. The summed E-state index contributed by atoms with van der Waals surface area (Å²) in [5.74, 6) is 0.311. The van der Waals surface area contributed by atoms with Crippen LogP contribution in [-0.2, 0) is 4.79 Å². The first-order valence-electron chi connectivity index (χ1n) is 4.76. The van der Waals surface area contributed by atoms with E-state index in [1.165, 1.54) is 0 Å². The molecule has 0 spiro atoms. The third-order valence-corrected chi connectivity index (χ3v) is 2.64. The zero-order chi connectivity index (χ0) is 10.3. The highest BCUT2D eigenvalue weighted by Crippen LogP contribution is 2.23. The first-order chi connectivity index (χ1) is 7.33. The molecule has 76 valence electrons. The summed E-state index contributed by atoms with van der Waals surface area (Å²) in [5.41, 5.74) is 2.39. The van der Waals surface area contributed by atoms with Crippen LogP contribution in [0.1, 0.15) is 17.9 Å². The predicted octanol–water partition coefficient (Wildman–Crippen LogP) is -0.0436. The van der Waals surface area contributed by atoms with Crippen molar-refractivity contribution in [1.29, 1.82) is 0 Å². The molecule has 1 aliphatic heterocycles. The molecule has 2 N–H and O–H groups in total. The summed E-state index contributed by atoms with van der Waals surface area (Å²) in [4.78, 5) is 15.2. The van der Waals surface area contributed by atoms with Gasteiger partial charge in [-0.05, 0) is 11.6 Å². The SMILES string of the molecule is O=C1CC(c2cnc3n[nH]nc3c2)CN1.